The lowest BCUT2D eigenvalue weighted by molar-refractivity contribution is -0.123. The molecule has 0 radical (unpaired) electrons. The van der Waals surface area contributed by atoms with Gasteiger partial charge in [0.1, 0.15) is 5.82 Å². The normalized spacial score (nSPS) is 16.2. The van der Waals surface area contributed by atoms with Crippen molar-refractivity contribution < 1.29 is 4.79 Å². The lowest BCUT2D eigenvalue weighted by atomic mass is 9.76. The molecule has 1 amide bonds. The van der Waals surface area contributed by atoms with Crippen molar-refractivity contribution in [1.29, 1.82) is 0 Å². The summed E-state index contributed by atoms with van der Waals surface area (Å²) in [5.74, 6) is 0.969. The molecule has 0 aliphatic heterocycles. The Bertz CT molecular complexity index is 827. The molecule has 1 saturated carbocycles. The number of H-pyrrole nitrogens is 1. The van der Waals surface area contributed by atoms with E-state index in [4.69, 9.17) is 0 Å². The number of hydrogen-bond acceptors (Lipinski definition) is 3. The molecule has 1 aliphatic carbocycles. The van der Waals surface area contributed by atoms with Gasteiger partial charge in [0, 0.05) is 21.5 Å². The Balaban J connectivity index is 1.50. The van der Waals surface area contributed by atoms with Crippen molar-refractivity contribution in [2.75, 3.05) is 0 Å². The minimum Gasteiger partial charge on any atom is -0.344 e. The first-order valence-electron chi connectivity index (χ1n) is 7.95. The second kappa shape index (κ2) is 5.49. The number of aromatic nitrogens is 2. The van der Waals surface area contributed by atoms with Crippen LogP contribution in [0.5, 0.6) is 0 Å². The fourth-order valence-corrected chi connectivity index (χ4v) is 4.26. The highest BCUT2D eigenvalue weighted by Gasteiger charge is 2.42. The Kier molecular flexibility index (Phi) is 3.45. The van der Waals surface area contributed by atoms with E-state index in [2.05, 4.69) is 33.5 Å². The Morgan fingerprint density at radius 1 is 1.39 bits per heavy atom. The molecule has 2 N–H and O–H groups in total. The maximum Gasteiger partial charge on any atom is 0.226 e. The molecule has 0 saturated heterocycles. The SMILES string of the molecule is Cc1cnc(C2(NC(=O)Cc3cc4ccccc4s3)CCC2)[nH]1. The number of amides is 1. The van der Waals surface area contributed by atoms with Crippen LogP contribution < -0.4 is 5.32 Å². The number of nitrogens with zero attached hydrogens (tertiary/aromatic N) is 1. The zero-order valence-corrected chi connectivity index (χ0v) is 13.9. The van der Waals surface area contributed by atoms with Gasteiger partial charge in [0.25, 0.3) is 0 Å². The van der Waals surface area contributed by atoms with E-state index < -0.39 is 0 Å². The minimum atomic E-state index is -0.290. The van der Waals surface area contributed by atoms with E-state index in [1.165, 1.54) is 10.1 Å². The molecule has 2 heterocycles. The van der Waals surface area contributed by atoms with E-state index in [1.807, 2.05) is 25.3 Å². The average molecular weight is 325 g/mol. The van der Waals surface area contributed by atoms with Crippen molar-refractivity contribution in [1.82, 2.24) is 15.3 Å². The molecule has 1 aromatic carbocycles. The molecule has 1 aliphatic rings. The number of benzene rings is 1. The fraction of sp³-hybridized carbons (Fsp3) is 0.333. The smallest absolute Gasteiger partial charge is 0.226 e. The van der Waals surface area contributed by atoms with Gasteiger partial charge in [-0.3, -0.25) is 4.79 Å². The summed E-state index contributed by atoms with van der Waals surface area (Å²) < 4.78 is 1.23. The molecule has 4 rings (SSSR count). The van der Waals surface area contributed by atoms with Crippen LogP contribution in [0, 0.1) is 6.92 Å². The zero-order valence-electron chi connectivity index (χ0n) is 13.1. The highest BCUT2D eigenvalue weighted by molar-refractivity contribution is 7.19. The predicted octanol–water partition coefficient (Wildman–Crippen LogP) is 3.67. The molecule has 0 spiro atoms. The van der Waals surface area contributed by atoms with Crippen molar-refractivity contribution in [3.8, 4) is 0 Å². The molecule has 0 unspecified atom stereocenters. The minimum absolute atomic E-state index is 0.0744. The molecule has 0 atom stereocenters. The number of rotatable bonds is 4. The van der Waals surface area contributed by atoms with Crippen LogP contribution in [-0.2, 0) is 16.8 Å². The van der Waals surface area contributed by atoms with Gasteiger partial charge in [-0.1, -0.05) is 18.2 Å². The third-order valence-corrected chi connectivity index (χ3v) is 5.67. The summed E-state index contributed by atoms with van der Waals surface area (Å²) in [6.45, 7) is 1.99. The van der Waals surface area contributed by atoms with Crippen molar-refractivity contribution in [3.63, 3.8) is 0 Å². The van der Waals surface area contributed by atoms with Crippen LogP contribution in [-0.4, -0.2) is 15.9 Å². The van der Waals surface area contributed by atoms with Gasteiger partial charge in [-0.15, -0.1) is 11.3 Å². The third-order valence-electron chi connectivity index (χ3n) is 4.55. The molecule has 23 heavy (non-hydrogen) atoms. The van der Waals surface area contributed by atoms with Gasteiger partial charge in [-0.25, -0.2) is 4.98 Å². The highest BCUT2D eigenvalue weighted by atomic mass is 32.1. The molecule has 2 aromatic heterocycles. The first-order chi connectivity index (χ1) is 11.1. The summed E-state index contributed by atoms with van der Waals surface area (Å²) in [7, 11) is 0. The monoisotopic (exact) mass is 325 g/mol. The first-order valence-corrected chi connectivity index (χ1v) is 8.77. The molecular weight excluding hydrogens is 306 g/mol. The van der Waals surface area contributed by atoms with Crippen molar-refractivity contribution in [2.24, 2.45) is 0 Å². The molecule has 1 fully saturated rings. The number of fused-ring (bicyclic) bond motifs is 1. The maximum atomic E-state index is 12.5. The molecule has 5 heteroatoms. The van der Waals surface area contributed by atoms with Crippen LogP contribution in [0.15, 0.2) is 36.5 Å². The van der Waals surface area contributed by atoms with Gasteiger partial charge in [-0.05, 0) is 43.7 Å². The third kappa shape index (κ3) is 2.65. The van der Waals surface area contributed by atoms with Crippen LogP contribution in [0.1, 0.15) is 35.7 Å². The van der Waals surface area contributed by atoms with Crippen LogP contribution in [0.2, 0.25) is 0 Å². The van der Waals surface area contributed by atoms with Crippen LogP contribution >= 0.6 is 11.3 Å². The summed E-state index contributed by atoms with van der Waals surface area (Å²) in [4.78, 5) is 21.4. The largest absolute Gasteiger partial charge is 0.344 e. The van der Waals surface area contributed by atoms with Gasteiger partial charge in [0.15, 0.2) is 0 Å². The van der Waals surface area contributed by atoms with E-state index in [0.29, 0.717) is 6.42 Å². The van der Waals surface area contributed by atoms with Crippen LogP contribution in [0.25, 0.3) is 10.1 Å². The number of hydrogen-bond donors (Lipinski definition) is 2. The average Bonchev–Trinajstić information content (AvgIpc) is 3.08. The second-order valence-electron chi connectivity index (χ2n) is 6.33. The van der Waals surface area contributed by atoms with Crippen LogP contribution in [0.3, 0.4) is 0 Å². The lowest BCUT2D eigenvalue weighted by Gasteiger charge is -2.40. The lowest BCUT2D eigenvalue weighted by Crippen LogP contribution is -2.52. The summed E-state index contributed by atoms with van der Waals surface area (Å²) in [6.07, 6.45) is 5.30. The standard InChI is InChI=1S/C18H19N3OS/c1-12-11-19-17(20-12)18(7-4-8-18)21-16(22)10-14-9-13-5-2-3-6-15(13)23-14/h2-3,5-6,9,11H,4,7-8,10H2,1H3,(H,19,20)(H,21,22). The Morgan fingerprint density at radius 3 is 2.87 bits per heavy atom. The number of nitrogens with one attached hydrogen (secondary N) is 2. The Labute approximate surface area is 138 Å². The van der Waals surface area contributed by atoms with Gasteiger partial charge in [0.05, 0.1) is 12.0 Å². The summed E-state index contributed by atoms with van der Waals surface area (Å²) in [5.41, 5.74) is 0.743. The highest BCUT2D eigenvalue weighted by Crippen LogP contribution is 2.40. The summed E-state index contributed by atoms with van der Waals surface area (Å²) in [6, 6.07) is 10.4. The number of thiophene rings is 1. The summed E-state index contributed by atoms with van der Waals surface area (Å²) in [5, 5.41) is 4.43. The van der Waals surface area contributed by atoms with Gasteiger partial charge < -0.3 is 10.3 Å². The molecular formula is C18H19N3OS. The fourth-order valence-electron chi connectivity index (χ4n) is 3.20. The molecule has 4 nitrogen and oxygen atoms in total. The first kappa shape index (κ1) is 14.5. The van der Waals surface area contributed by atoms with E-state index in [1.54, 1.807) is 11.3 Å². The number of aryl methyl sites for hydroxylation is 1. The van der Waals surface area contributed by atoms with E-state index in [-0.39, 0.29) is 11.4 Å². The number of carbonyl (C=O) groups excluding carboxylic acids is 1. The number of carbonyl (C=O) groups is 1. The quantitative estimate of drug-likeness (QED) is 0.769. The summed E-state index contributed by atoms with van der Waals surface area (Å²) >= 11 is 1.69. The Hall–Kier alpha value is -2.14. The van der Waals surface area contributed by atoms with Crippen LogP contribution in [0.4, 0.5) is 0 Å². The molecule has 3 aromatic rings. The van der Waals surface area contributed by atoms with E-state index >= 15 is 0 Å². The van der Waals surface area contributed by atoms with Gasteiger partial charge in [-0.2, -0.15) is 0 Å². The number of aromatic amines is 1. The van der Waals surface area contributed by atoms with Crippen molar-refractivity contribution in [3.05, 3.63) is 52.9 Å². The van der Waals surface area contributed by atoms with Gasteiger partial charge in [0.2, 0.25) is 5.91 Å². The zero-order chi connectivity index (χ0) is 15.9. The van der Waals surface area contributed by atoms with Gasteiger partial charge >= 0.3 is 0 Å². The van der Waals surface area contributed by atoms with Crippen molar-refractivity contribution >= 4 is 27.3 Å². The predicted molar refractivity (Wildman–Crippen MR) is 92.5 cm³/mol. The Morgan fingerprint density at radius 2 is 2.22 bits per heavy atom. The second-order valence-corrected chi connectivity index (χ2v) is 7.49. The number of imidazole rings is 1. The van der Waals surface area contributed by atoms with E-state index in [9.17, 15) is 4.79 Å². The van der Waals surface area contributed by atoms with Crippen molar-refractivity contribution in [2.45, 2.75) is 38.1 Å². The topological polar surface area (TPSA) is 57.8 Å². The van der Waals surface area contributed by atoms with E-state index in [0.717, 1.165) is 35.7 Å². The molecule has 0 bridgehead atoms. The maximum absolute atomic E-state index is 12.5. The molecule has 118 valence electrons.